The molecule has 8 heteroatoms. The summed E-state index contributed by atoms with van der Waals surface area (Å²) in [6, 6.07) is 12.9. The van der Waals surface area contributed by atoms with Gasteiger partial charge in [-0.15, -0.1) is 0 Å². The third-order valence-electron chi connectivity index (χ3n) is 3.37. The molecule has 0 aliphatic rings. The maximum atomic E-state index is 12.6. The van der Waals surface area contributed by atoms with Gasteiger partial charge in [0.25, 0.3) is 5.91 Å². The van der Waals surface area contributed by atoms with Gasteiger partial charge in [0.15, 0.2) is 0 Å². The Hall–Kier alpha value is -2.19. The van der Waals surface area contributed by atoms with Crippen molar-refractivity contribution in [3.05, 3.63) is 54.1 Å². The first-order valence-electron chi connectivity index (χ1n) is 7.68. The quantitative estimate of drug-likeness (QED) is 0.692. The highest BCUT2D eigenvalue weighted by molar-refractivity contribution is 8.00. The van der Waals surface area contributed by atoms with Crippen molar-refractivity contribution in [1.29, 1.82) is 0 Å². The van der Waals surface area contributed by atoms with Crippen LogP contribution in [0.15, 0.2) is 53.4 Å². The Morgan fingerprint density at radius 1 is 1.19 bits per heavy atom. The van der Waals surface area contributed by atoms with E-state index < -0.39 is 17.5 Å². The minimum absolute atomic E-state index is 0.0756. The van der Waals surface area contributed by atoms with Crippen LogP contribution in [0, 0.1) is 0 Å². The van der Waals surface area contributed by atoms with Gasteiger partial charge < -0.3 is 14.8 Å². The summed E-state index contributed by atoms with van der Waals surface area (Å²) in [6.07, 6.45) is -0.842. The molecule has 0 spiro atoms. The van der Waals surface area contributed by atoms with Crippen LogP contribution in [0.5, 0.6) is 5.75 Å². The molecule has 140 valence electrons. The van der Waals surface area contributed by atoms with E-state index in [2.05, 4.69) is 5.32 Å². The monoisotopic (exact) mass is 385 g/mol. The molecular weight excluding hydrogens is 367 g/mol. The predicted molar refractivity (Wildman–Crippen MR) is 94.2 cm³/mol. The molecule has 0 saturated carbocycles. The average Bonchev–Trinajstić information content (AvgIpc) is 2.60. The van der Waals surface area contributed by atoms with Gasteiger partial charge in [-0.1, -0.05) is 24.3 Å². The number of hydrogen-bond acceptors (Lipinski definition) is 4. The van der Waals surface area contributed by atoms with Crippen LogP contribution in [-0.2, 0) is 16.1 Å². The second kappa shape index (κ2) is 8.95. The molecule has 0 aliphatic heterocycles. The van der Waals surface area contributed by atoms with Crippen LogP contribution in [0.2, 0.25) is 0 Å². The number of anilines is 1. The number of benzene rings is 2. The standard InChI is InChI=1S/C18H18F3NO3S/c1-12(25-11-13-6-5-7-14(10-13)24-2)17(23)22-15-8-3-4-9-16(15)26-18(19,20)21/h3-10,12H,11H2,1-2H3,(H,22,23). The highest BCUT2D eigenvalue weighted by Gasteiger charge is 2.30. The fourth-order valence-electron chi connectivity index (χ4n) is 2.08. The van der Waals surface area contributed by atoms with Gasteiger partial charge in [-0.25, -0.2) is 0 Å². The summed E-state index contributed by atoms with van der Waals surface area (Å²) < 4.78 is 48.4. The molecule has 4 nitrogen and oxygen atoms in total. The summed E-state index contributed by atoms with van der Waals surface area (Å²) in [5, 5.41) is 2.48. The minimum Gasteiger partial charge on any atom is -0.497 e. The lowest BCUT2D eigenvalue weighted by molar-refractivity contribution is -0.127. The Balaban J connectivity index is 1.97. The van der Waals surface area contributed by atoms with Crippen molar-refractivity contribution in [3.8, 4) is 5.75 Å². The molecule has 0 bridgehead atoms. The number of rotatable bonds is 7. The van der Waals surface area contributed by atoms with Gasteiger partial charge in [-0.05, 0) is 48.5 Å². The maximum absolute atomic E-state index is 12.6. The number of alkyl halides is 3. The SMILES string of the molecule is COc1cccc(COC(C)C(=O)Nc2ccccc2SC(F)(F)F)c1. The van der Waals surface area contributed by atoms with E-state index in [1.54, 1.807) is 31.4 Å². The lowest BCUT2D eigenvalue weighted by Crippen LogP contribution is -2.28. The van der Waals surface area contributed by atoms with Crippen LogP contribution in [0.3, 0.4) is 0 Å². The van der Waals surface area contributed by atoms with Crippen LogP contribution in [0.25, 0.3) is 0 Å². The Kier molecular flexibility index (Phi) is 6.93. The second-order valence-electron chi connectivity index (χ2n) is 5.34. The van der Waals surface area contributed by atoms with Crippen LogP contribution in [0.1, 0.15) is 12.5 Å². The first-order valence-corrected chi connectivity index (χ1v) is 8.50. The lowest BCUT2D eigenvalue weighted by Gasteiger charge is -2.16. The number of thioether (sulfide) groups is 1. The molecule has 1 atom stereocenters. The summed E-state index contributed by atoms with van der Waals surface area (Å²) in [6.45, 7) is 1.71. The maximum Gasteiger partial charge on any atom is 0.446 e. The molecule has 1 N–H and O–H groups in total. The average molecular weight is 385 g/mol. The summed E-state index contributed by atoms with van der Waals surface area (Å²) in [5.41, 5.74) is -3.52. The molecule has 0 radical (unpaired) electrons. The van der Waals surface area contributed by atoms with Gasteiger partial charge in [-0.3, -0.25) is 4.79 Å². The van der Waals surface area contributed by atoms with Crippen molar-refractivity contribution < 1.29 is 27.4 Å². The van der Waals surface area contributed by atoms with Gasteiger partial charge >= 0.3 is 5.51 Å². The normalized spacial score (nSPS) is 12.5. The fourth-order valence-corrected chi connectivity index (χ4v) is 2.70. The number of nitrogens with one attached hydrogen (secondary N) is 1. The highest BCUT2D eigenvalue weighted by atomic mass is 32.2. The lowest BCUT2D eigenvalue weighted by atomic mass is 10.2. The molecule has 1 amide bonds. The number of ether oxygens (including phenoxy) is 2. The van der Waals surface area contributed by atoms with E-state index in [-0.39, 0.29) is 29.0 Å². The number of amides is 1. The molecule has 0 saturated heterocycles. The van der Waals surface area contributed by atoms with Gasteiger partial charge in [0.1, 0.15) is 11.9 Å². The Morgan fingerprint density at radius 3 is 2.62 bits per heavy atom. The molecule has 0 aromatic heterocycles. The topological polar surface area (TPSA) is 47.6 Å². The molecule has 26 heavy (non-hydrogen) atoms. The van der Waals surface area contributed by atoms with Gasteiger partial charge in [0.05, 0.1) is 19.4 Å². The van der Waals surface area contributed by atoms with E-state index in [4.69, 9.17) is 9.47 Å². The minimum atomic E-state index is -4.44. The van der Waals surface area contributed by atoms with Crippen LogP contribution < -0.4 is 10.1 Å². The molecule has 2 aromatic rings. The van der Waals surface area contributed by atoms with Crippen molar-refractivity contribution in [2.24, 2.45) is 0 Å². The summed E-state index contributed by atoms with van der Waals surface area (Å²) in [4.78, 5) is 12.1. The second-order valence-corrected chi connectivity index (χ2v) is 6.44. The molecular formula is C18H18F3NO3S. The smallest absolute Gasteiger partial charge is 0.446 e. The molecule has 2 aromatic carbocycles. The van der Waals surface area contributed by atoms with Crippen molar-refractivity contribution in [3.63, 3.8) is 0 Å². The third kappa shape index (κ3) is 6.27. The van der Waals surface area contributed by atoms with Gasteiger partial charge in [-0.2, -0.15) is 13.2 Å². The summed E-state index contributed by atoms with van der Waals surface area (Å²) >= 11 is -0.274. The number of para-hydroxylation sites is 1. The fraction of sp³-hybridized carbons (Fsp3) is 0.278. The number of hydrogen-bond donors (Lipinski definition) is 1. The van der Waals surface area contributed by atoms with Crippen molar-refractivity contribution in [2.75, 3.05) is 12.4 Å². The number of carbonyl (C=O) groups excluding carboxylic acids is 1. The first-order chi connectivity index (χ1) is 12.3. The zero-order valence-electron chi connectivity index (χ0n) is 14.2. The Bertz CT molecular complexity index is 752. The number of carbonyl (C=O) groups is 1. The Morgan fingerprint density at radius 2 is 1.92 bits per heavy atom. The number of methoxy groups -OCH3 is 1. The van der Waals surface area contributed by atoms with E-state index in [1.165, 1.54) is 25.1 Å². The van der Waals surface area contributed by atoms with Crippen molar-refractivity contribution >= 4 is 23.4 Å². The van der Waals surface area contributed by atoms with E-state index in [9.17, 15) is 18.0 Å². The molecule has 0 aliphatic carbocycles. The number of halogens is 3. The first kappa shape index (κ1) is 20.1. The molecule has 0 fully saturated rings. The van der Waals surface area contributed by atoms with Crippen molar-refractivity contribution in [1.82, 2.24) is 0 Å². The highest BCUT2D eigenvalue weighted by Crippen LogP contribution is 2.40. The third-order valence-corrected chi connectivity index (χ3v) is 4.18. The van der Waals surface area contributed by atoms with E-state index in [0.29, 0.717) is 5.75 Å². The van der Waals surface area contributed by atoms with E-state index in [1.807, 2.05) is 6.07 Å². The molecule has 1 unspecified atom stereocenters. The molecule has 2 rings (SSSR count). The van der Waals surface area contributed by atoms with Crippen LogP contribution >= 0.6 is 11.8 Å². The van der Waals surface area contributed by atoms with Crippen LogP contribution in [-0.4, -0.2) is 24.6 Å². The van der Waals surface area contributed by atoms with Crippen molar-refractivity contribution in [2.45, 2.75) is 30.0 Å². The van der Waals surface area contributed by atoms with Gasteiger partial charge in [0.2, 0.25) is 0 Å². The Labute approximate surface area is 153 Å². The summed E-state index contributed by atoms with van der Waals surface area (Å²) in [5.74, 6) is 0.143. The largest absolute Gasteiger partial charge is 0.497 e. The predicted octanol–water partition coefficient (Wildman–Crippen LogP) is 4.85. The zero-order valence-corrected chi connectivity index (χ0v) is 15.0. The van der Waals surface area contributed by atoms with E-state index >= 15 is 0 Å². The van der Waals surface area contributed by atoms with Crippen LogP contribution in [0.4, 0.5) is 18.9 Å². The summed E-state index contributed by atoms with van der Waals surface area (Å²) in [7, 11) is 1.55. The zero-order chi connectivity index (χ0) is 19.2. The molecule has 0 heterocycles. The van der Waals surface area contributed by atoms with Gasteiger partial charge in [0, 0.05) is 4.90 Å². The van der Waals surface area contributed by atoms with E-state index in [0.717, 1.165) is 5.56 Å².